The Labute approximate surface area is 237 Å². The summed E-state index contributed by atoms with van der Waals surface area (Å²) in [6.07, 6.45) is 10.0. The van der Waals surface area contributed by atoms with Gasteiger partial charge in [-0.1, -0.05) is 25.3 Å². The second-order valence-electron chi connectivity index (χ2n) is 12.5. The van der Waals surface area contributed by atoms with Crippen molar-refractivity contribution in [1.82, 2.24) is 20.0 Å². The number of carbonyl (C=O) groups is 4. The van der Waals surface area contributed by atoms with Gasteiger partial charge in [-0.3, -0.25) is 29.4 Å². The third kappa shape index (κ3) is 5.76. The number of piperidine rings is 2. The highest BCUT2D eigenvalue weighted by molar-refractivity contribution is 6.05. The Morgan fingerprint density at radius 3 is 2.35 bits per heavy atom. The van der Waals surface area contributed by atoms with E-state index in [9.17, 15) is 19.2 Å². The van der Waals surface area contributed by atoms with Crippen LogP contribution in [-0.4, -0.2) is 90.2 Å². The first kappa shape index (κ1) is 27.2. The quantitative estimate of drug-likeness (QED) is 0.549. The van der Waals surface area contributed by atoms with Crippen molar-refractivity contribution in [2.45, 2.75) is 76.8 Å². The number of anilines is 1. The Morgan fingerprint density at radius 1 is 0.875 bits per heavy atom. The van der Waals surface area contributed by atoms with E-state index < -0.39 is 6.04 Å². The highest BCUT2D eigenvalue weighted by Gasteiger charge is 2.39. The number of benzene rings is 1. The largest absolute Gasteiger partial charge is 0.369 e. The van der Waals surface area contributed by atoms with Crippen molar-refractivity contribution in [3.8, 4) is 0 Å². The van der Waals surface area contributed by atoms with E-state index in [1.807, 2.05) is 12.1 Å². The Bertz CT molecular complexity index is 1130. The van der Waals surface area contributed by atoms with Gasteiger partial charge in [-0.2, -0.15) is 0 Å². The molecule has 5 aliphatic rings. The zero-order valence-electron chi connectivity index (χ0n) is 23.6. The average molecular weight is 550 g/mol. The van der Waals surface area contributed by atoms with Gasteiger partial charge < -0.3 is 14.7 Å². The first-order chi connectivity index (χ1) is 19.5. The van der Waals surface area contributed by atoms with Crippen LogP contribution in [0.2, 0.25) is 0 Å². The van der Waals surface area contributed by atoms with Crippen LogP contribution in [-0.2, 0) is 20.9 Å². The fourth-order valence-electron chi connectivity index (χ4n) is 7.38. The molecule has 1 aromatic rings. The maximum Gasteiger partial charge on any atom is 0.255 e. The minimum atomic E-state index is -0.575. The highest BCUT2D eigenvalue weighted by atomic mass is 16.2. The summed E-state index contributed by atoms with van der Waals surface area (Å²) in [4.78, 5) is 58.6. The zero-order valence-corrected chi connectivity index (χ0v) is 23.6. The van der Waals surface area contributed by atoms with Crippen LogP contribution in [0.1, 0.15) is 80.1 Å². The molecule has 0 bridgehead atoms. The fourth-order valence-corrected chi connectivity index (χ4v) is 7.38. The van der Waals surface area contributed by atoms with E-state index in [4.69, 9.17) is 0 Å². The van der Waals surface area contributed by atoms with Crippen molar-refractivity contribution >= 4 is 29.3 Å². The number of hydrogen-bond donors (Lipinski definition) is 1. The molecular weight excluding hydrogens is 506 g/mol. The topological polar surface area (TPSA) is 93.3 Å². The molecule has 1 aromatic carbocycles. The minimum Gasteiger partial charge on any atom is -0.369 e. The van der Waals surface area contributed by atoms with Crippen molar-refractivity contribution in [3.63, 3.8) is 0 Å². The van der Waals surface area contributed by atoms with Crippen LogP contribution in [0.3, 0.4) is 0 Å². The molecule has 40 heavy (non-hydrogen) atoms. The van der Waals surface area contributed by atoms with Crippen LogP contribution in [0.15, 0.2) is 18.2 Å². The highest BCUT2D eigenvalue weighted by Crippen LogP contribution is 2.32. The van der Waals surface area contributed by atoms with Gasteiger partial charge in [0, 0.05) is 69.4 Å². The molecule has 4 fully saturated rings. The number of imide groups is 1. The van der Waals surface area contributed by atoms with Crippen molar-refractivity contribution in [2.75, 3.05) is 50.7 Å². The normalized spacial score (nSPS) is 25.4. The molecule has 1 unspecified atom stereocenters. The number of hydrogen-bond acceptors (Lipinski definition) is 6. The van der Waals surface area contributed by atoms with Gasteiger partial charge in [0.25, 0.3) is 5.91 Å². The predicted octanol–water partition coefficient (Wildman–Crippen LogP) is 2.78. The lowest BCUT2D eigenvalue weighted by Crippen LogP contribution is -2.52. The van der Waals surface area contributed by atoms with E-state index in [2.05, 4.69) is 26.1 Å². The lowest BCUT2D eigenvalue weighted by Gasteiger charge is -2.38. The number of amides is 4. The second kappa shape index (κ2) is 11.9. The SMILES string of the molecule is O=C1CCC(N2Cc3ccc(N4CCN(CCC5CCN(C(=O)C6CCCCC6)CC5)CC4)cc3C2=O)C(=O)N1. The first-order valence-corrected chi connectivity index (χ1v) is 15.5. The molecular formula is C31H43N5O4. The average Bonchev–Trinajstić information content (AvgIpc) is 3.32. The monoisotopic (exact) mass is 549 g/mol. The van der Waals surface area contributed by atoms with E-state index in [-0.39, 0.29) is 30.1 Å². The van der Waals surface area contributed by atoms with Gasteiger partial charge >= 0.3 is 0 Å². The molecule has 216 valence electrons. The lowest BCUT2D eigenvalue weighted by molar-refractivity contribution is -0.138. The lowest BCUT2D eigenvalue weighted by atomic mass is 9.87. The number of carbonyl (C=O) groups excluding carboxylic acids is 4. The number of likely N-dealkylation sites (tertiary alicyclic amines) is 1. The molecule has 4 amide bonds. The van der Waals surface area contributed by atoms with Crippen molar-refractivity contribution in [3.05, 3.63) is 29.3 Å². The first-order valence-electron chi connectivity index (χ1n) is 15.5. The molecule has 6 rings (SSSR count). The van der Waals surface area contributed by atoms with E-state index in [0.717, 1.165) is 82.7 Å². The van der Waals surface area contributed by atoms with E-state index in [1.165, 1.54) is 25.7 Å². The molecule has 1 atom stereocenters. The van der Waals surface area contributed by atoms with Crippen LogP contribution in [0.25, 0.3) is 0 Å². The third-order valence-electron chi connectivity index (χ3n) is 9.98. The molecule has 4 aliphatic heterocycles. The molecule has 0 radical (unpaired) electrons. The number of nitrogens with one attached hydrogen (secondary N) is 1. The van der Waals surface area contributed by atoms with Gasteiger partial charge in [0.05, 0.1) is 0 Å². The molecule has 0 aromatic heterocycles. The fraction of sp³-hybridized carbons (Fsp3) is 0.677. The van der Waals surface area contributed by atoms with Gasteiger partial charge in [0.1, 0.15) is 6.04 Å². The molecule has 9 heteroatoms. The van der Waals surface area contributed by atoms with Gasteiger partial charge in [0.2, 0.25) is 17.7 Å². The van der Waals surface area contributed by atoms with Crippen LogP contribution in [0.5, 0.6) is 0 Å². The van der Waals surface area contributed by atoms with Gasteiger partial charge in [0.15, 0.2) is 0 Å². The maximum absolute atomic E-state index is 13.2. The summed E-state index contributed by atoms with van der Waals surface area (Å²) < 4.78 is 0. The van der Waals surface area contributed by atoms with E-state index >= 15 is 0 Å². The molecule has 4 heterocycles. The van der Waals surface area contributed by atoms with Crippen molar-refractivity contribution in [1.29, 1.82) is 0 Å². The predicted molar refractivity (Wildman–Crippen MR) is 152 cm³/mol. The molecule has 1 aliphatic carbocycles. The van der Waals surface area contributed by atoms with Crippen LogP contribution >= 0.6 is 0 Å². The van der Waals surface area contributed by atoms with Crippen LogP contribution in [0, 0.1) is 11.8 Å². The summed E-state index contributed by atoms with van der Waals surface area (Å²) >= 11 is 0. The van der Waals surface area contributed by atoms with Gasteiger partial charge in [-0.25, -0.2) is 0 Å². The molecule has 1 saturated carbocycles. The summed E-state index contributed by atoms with van der Waals surface area (Å²) in [5, 5.41) is 2.37. The second-order valence-corrected chi connectivity index (χ2v) is 12.5. The summed E-state index contributed by atoms with van der Waals surface area (Å²) in [5.74, 6) is 0.673. The number of rotatable bonds is 6. The molecule has 9 nitrogen and oxygen atoms in total. The standard InChI is InChI=1S/C31H43N5O4/c37-28-9-8-27(29(38)32-28)36-21-24-6-7-25(20-26(24)31(36)40)34-18-16-33(17-19-34)13-10-22-11-14-35(15-12-22)30(39)23-4-2-1-3-5-23/h6-7,20,22-23,27H,1-5,8-19,21H2,(H,32,37,38). The number of nitrogens with zero attached hydrogens (tertiary/aromatic N) is 4. The van der Waals surface area contributed by atoms with Crippen LogP contribution < -0.4 is 10.2 Å². The van der Waals surface area contributed by atoms with Crippen LogP contribution in [0.4, 0.5) is 5.69 Å². The number of piperazine rings is 1. The van der Waals surface area contributed by atoms with Crippen molar-refractivity contribution in [2.24, 2.45) is 11.8 Å². The summed E-state index contributed by atoms with van der Waals surface area (Å²) in [5.41, 5.74) is 2.69. The smallest absolute Gasteiger partial charge is 0.255 e. The Hall–Kier alpha value is -2.94. The maximum atomic E-state index is 13.2. The Kier molecular flexibility index (Phi) is 8.10. The zero-order chi connectivity index (χ0) is 27.6. The van der Waals surface area contributed by atoms with E-state index in [0.29, 0.717) is 30.4 Å². The summed E-state index contributed by atoms with van der Waals surface area (Å²) in [6.45, 7) is 7.27. The van der Waals surface area contributed by atoms with Gasteiger partial charge in [-0.15, -0.1) is 0 Å². The summed E-state index contributed by atoms with van der Waals surface area (Å²) in [6, 6.07) is 5.53. The van der Waals surface area contributed by atoms with E-state index in [1.54, 1.807) is 4.90 Å². The third-order valence-corrected chi connectivity index (χ3v) is 9.98. The summed E-state index contributed by atoms with van der Waals surface area (Å²) in [7, 11) is 0. The van der Waals surface area contributed by atoms with Gasteiger partial charge in [-0.05, 0) is 68.7 Å². The Morgan fingerprint density at radius 2 is 1.62 bits per heavy atom. The molecule has 3 saturated heterocycles. The Balaban J connectivity index is 0.947. The molecule has 0 spiro atoms. The number of fused-ring (bicyclic) bond motifs is 1. The molecule has 1 N–H and O–H groups in total. The minimum absolute atomic E-state index is 0.114. The van der Waals surface area contributed by atoms with Crippen molar-refractivity contribution < 1.29 is 19.2 Å².